The van der Waals surface area contributed by atoms with Gasteiger partial charge in [0.2, 0.25) is 0 Å². The average molecular weight is 496 g/mol. The topological polar surface area (TPSA) is 86.5 Å². The molecule has 0 bridgehead atoms. The van der Waals surface area contributed by atoms with Crippen LogP contribution in [0, 0.1) is 40.9 Å². The number of Topliss-reactive ketones (excluding diaryl/α,β-unsaturated/α-hetero) is 1. The standard InChI is InChI=1S/C29H41N3O4/c1-28-12-10-21-20-11-13-29(34,17-35-2)15-18(20)4-6-22(21)23(28)7-8-24(28)27(33)16-32-26-14-19(36-3)5-9-25(26)30-31-32/h5,9,14,18,20-24,34H,4,6-8,10-13,15-17H2,1-3H3/t18-,20+,21-,22-,23+,24-,28+,29-/m1/s1. The molecule has 0 amide bonds. The van der Waals surface area contributed by atoms with Gasteiger partial charge in [-0.15, -0.1) is 5.10 Å². The normalized spacial score (nSPS) is 39.9. The monoisotopic (exact) mass is 495 g/mol. The summed E-state index contributed by atoms with van der Waals surface area (Å²) in [5, 5.41) is 19.6. The van der Waals surface area contributed by atoms with E-state index in [1.54, 1.807) is 18.9 Å². The van der Waals surface area contributed by atoms with Crippen LogP contribution in [0.2, 0.25) is 0 Å². The highest BCUT2D eigenvalue weighted by molar-refractivity contribution is 5.84. The van der Waals surface area contributed by atoms with Gasteiger partial charge < -0.3 is 14.6 Å². The molecule has 196 valence electrons. The number of aromatic nitrogens is 3. The van der Waals surface area contributed by atoms with Crippen LogP contribution in [0.1, 0.15) is 64.7 Å². The molecule has 8 atom stereocenters. The first-order chi connectivity index (χ1) is 17.3. The van der Waals surface area contributed by atoms with Crippen LogP contribution >= 0.6 is 0 Å². The molecule has 36 heavy (non-hydrogen) atoms. The van der Waals surface area contributed by atoms with Crippen LogP contribution < -0.4 is 4.74 Å². The van der Waals surface area contributed by atoms with Crippen LogP contribution in [0.15, 0.2) is 18.2 Å². The van der Waals surface area contributed by atoms with Crippen molar-refractivity contribution in [2.75, 3.05) is 20.8 Å². The van der Waals surface area contributed by atoms with E-state index in [0.717, 1.165) is 66.6 Å². The van der Waals surface area contributed by atoms with Gasteiger partial charge in [0.25, 0.3) is 0 Å². The number of carbonyl (C=O) groups is 1. The van der Waals surface area contributed by atoms with E-state index in [2.05, 4.69) is 17.2 Å². The molecule has 4 aliphatic carbocycles. The van der Waals surface area contributed by atoms with E-state index < -0.39 is 5.60 Å². The Morgan fingerprint density at radius 3 is 2.72 bits per heavy atom. The second kappa shape index (κ2) is 9.09. The van der Waals surface area contributed by atoms with Crippen LogP contribution in [0.25, 0.3) is 11.0 Å². The predicted octanol–water partition coefficient (Wildman–Crippen LogP) is 4.66. The highest BCUT2D eigenvalue weighted by Crippen LogP contribution is 2.64. The SMILES string of the molecule is COC[C@@]1(O)CC[C@H]2[C@H](CC[C@@H]3[C@@H]2CC[C@]2(C)[C@@H](C(=O)Cn4nnc5ccc(OC)cc54)CC[C@@H]32)C1. The van der Waals surface area contributed by atoms with Gasteiger partial charge in [0, 0.05) is 19.1 Å². The molecule has 2 aromatic rings. The van der Waals surface area contributed by atoms with Gasteiger partial charge in [-0.2, -0.15) is 0 Å². The number of benzene rings is 1. The Labute approximate surface area is 213 Å². The zero-order chi connectivity index (χ0) is 25.1. The van der Waals surface area contributed by atoms with Crippen LogP contribution in [0.5, 0.6) is 5.75 Å². The smallest absolute Gasteiger partial charge is 0.157 e. The first-order valence-electron chi connectivity index (χ1n) is 14.0. The van der Waals surface area contributed by atoms with Gasteiger partial charge >= 0.3 is 0 Å². The van der Waals surface area contributed by atoms with Crippen molar-refractivity contribution >= 4 is 16.8 Å². The van der Waals surface area contributed by atoms with E-state index in [9.17, 15) is 9.90 Å². The van der Waals surface area contributed by atoms with Crippen LogP contribution in [-0.2, 0) is 16.1 Å². The predicted molar refractivity (Wildman–Crippen MR) is 137 cm³/mol. The Hall–Kier alpha value is -1.99. The number of ketones is 1. The third-order valence-corrected chi connectivity index (χ3v) is 10.9. The van der Waals surface area contributed by atoms with Crippen molar-refractivity contribution < 1.29 is 19.4 Å². The number of methoxy groups -OCH3 is 2. The molecule has 1 heterocycles. The van der Waals surface area contributed by atoms with E-state index in [1.165, 1.54) is 25.7 Å². The lowest BCUT2D eigenvalue weighted by Gasteiger charge is -2.57. The Kier molecular flexibility index (Phi) is 6.15. The highest BCUT2D eigenvalue weighted by Gasteiger charge is 2.59. The maximum Gasteiger partial charge on any atom is 0.157 e. The van der Waals surface area contributed by atoms with E-state index in [0.29, 0.717) is 24.2 Å². The molecule has 1 aromatic carbocycles. The maximum atomic E-state index is 13.7. The van der Waals surface area contributed by atoms with Crippen molar-refractivity contribution in [3.05, 3.63) is 18.2 Å². The molecule has 4 saturated carbocycles. The van der Waals surface area contributed by atoms with Crippen LogP contribution in [0.3, 0.4) is 0 Å². The summed E-state index contributed by atoms with van der Waals surface area (Å²) in [6, 6.07) is 5.70. The first-order valence-corrected chi connectivity index (χ1v) is 14.0. The number of aliphatic hydroxyl groups is 1. The fourth-order valence-corrected chi connectivity index (χ4v) is 9.34. The molecule has 0 spiro atoms. The van der Waals surface area contributed by atoms with Gasteiger partial charge in [0.15, 0.2) is 5.78 Å². The maximum absolute atomic E-state index is 13.7. The zero-order valence-electron chi connectivity index (χ0n) is 22.0. The molecule has 4 aliphatic rings. The number of rotatable bonds is 6. The minimum Gasteiger partial charge on any atom is -0.497 e. The van der Waals surface area contributed by atoms with Crippen molar-refractivity contribution in [3.63, 3.8) is 0 Å². The molecule has 0 unspecified atom stereocenters. The summed E-state index contributed by atoms with van der Waals surface area (Å²) in [6.07, 6.45) is 9.91. The van der Waals surface area contributed by atoms with E-state index in [4.69, 9.17) is 9.47 Å². The Balaban J connectivity index is 1.17. The third-order valence-electron chi connectivity index (χ3n) is 10.9. The lowest BCUT2D eigenvalue weighted by atomic mass is 9.49. The van der Waals surface area contributed by atoms with Gasteiger partial charge in [-0.3, -0.25) is 4.79 Å². The summed E-state index contributed by atoms with van der Waals surface area (Å²) in [4.78, 5) is 13.7. The van der Waals surface area contributed by atoms with Gasteiger partial charge in [0.1, 0.15) is 17.8 Å². The molecule has 1 aromatic heterocycles. The summed E-state index contributed by atoms with van der Waals surface area (Å²) in [6.45, 7) is 3.16. The van der Waals surface area contributed by atoms with Crippen molar-refractivity contribution in [2.45, 2.75) is 76.9 Å². The summed E-state index contributed by atoms with van der Waals surface area (Å²) in [5.41, 5.74) is 1.10. The first kappa shape index (κ1) is 24.4. The van der Waals surface area contributed by atoms with Gasteiger partial charge in [0.05, 0.1) is 24.8 Å². The third kappa shape index (κ3) is 3.89. The van der Waals surface area contributed by atoms with Crippen molar-refractivity contribution in [2.24, 2.45) is 40.9 Å². The number of carbonyl (C=O) groups excluding carboxylic acids is 1. The second-order valence-corrected chi connectivity index (χ2v) is 12.6. The molecule has 4 fully saturated rings. The van der Waals surface area contributed by atoms with Crippen molar-refractivity contribution in [3.8, 4) is 5.75 Å². The molecule has 1 N–H and O–H groups in total. The zero-order valence-corrected chi connectivity index (χ0v) is 22.0. The Bertz CT molecular complexity index is 1130. The van der Waals surface area contributed by atoms with E-state index in [-0.39, 0.29) is 17.9 Å². The fraction of sp³-hybridized carbons (Fsp3) is 0.759. The van der Waals surface area contributed by atoms with E-state index in [1.807, 2.05) is 18.2 Å². The summed E-state index contributed by atoms with van der Waals surface area (Å²) in [5.74, 6) is 4.65. The summed E-state index contributed by atoms with van der Waals surface area (Å²) < 4.78 is 12.5. The minimum atomic E-state index is -0.633. The number of hydrogen-bond acceptors (Lipinski definition) is 6. The van der Waals surface area contributed by atoms with Gasteiger partial charge in [-0.05, 0) is 105 Å². The summed E-state index contributed by atoms with van der Waals surface area (Å²) >= 11 is 0. The molecular formula is C29H41N3O4. The van der Waals surface area contributed by atoms with Crippen molar-refractivity contribution in [1.82, 2.24) is 15.0 Å². The Morgan fingerprint density at radius 2 is 1.92 bits per heavy atom. The van der Waals surface area contributed by atoms with Crippen LogP contribution in [0.4, 0.5) is 0 Å². The van der Waals surface area contributed by atoms with Gasteiger partial charge in [-0.25, -0.2) is 4.68 Å². The lowest BCUT2D eigenvalue weighted by Crippen LogP contribution is -2.52. The largest absolute Gasteiger partial charge is 0.497 e. The molecule has 0 saturated heterocycles. The number of ether oxygens (including phenoxy) is 2. The molecule has 7 nitrogen and oxygen atoms in total. The van der Waals surface area contributed by atoms with Gasteiger partial charge in [-0.1, -0.05) is 12.1 Å². The van der Waals surface area contributed by atoms with E-state index >= 15 is 0 Å². The highest BCUT2D eigenvalue weighted by atomic mass is 16.5. The van der Waals surface area contributed by atoms with Crippen LogP contribution in [-0.4, -0.2) is 52.3 Å². The second-order valence-electron chi connectivity index (χ2n) is 12.6. The fourth-order valence-electron chi connectivity index (χ4n) is 9.34. The molecule has 0 radical (unpaired) electrons. The number of fused-ring (bicyclic) bond motifs is 6. The number of hydrogen-bond donors (Lipinski definition) is 1. The lowest BCUT2D eigenvalue weighted by molar-refractivity contribution is -0.136. The van der Waals surface area contributed by atoms with Crippen molar-refractivity contribution in [1.29, 1.82) is 0 Å². The number of nitrogens with zero attached hydrogens (tertiary/aromatic N) is 3. The molecule has 6 rings (SSSR count). The quantitative estimate of drug-likeness (QED) is 0.628. The molecule has 0 aliphatic heterocycles. The molecule has 7 heteroatoms. The Morgan fingerprint density at radius 1 is 1.08 bits per heavy atom. The molecular weight excluding hydrogens is 454 g/mol. The minimum absolute atomic E-state index is 0.0879. The summed E-state index contributed by atoms with van der Waals surface area (Å²) in [7, 11) is 3.35. The average Bonchev–Trinajstić information content (AvgIpc) is 3.43.